The second-order valence-electron chi connectivity index (χ2n) is 7.92. The summed E-state index contributed by atoms with van der Waals surface area (Å²) >= 11 is 0. The van der Waals surface area contributed by atoms with Crippen molar-refractivity contribution in [1.82, 2.24) is 9.88 Å². The molecule has 0 saturated carbocycles. The lowest BCUT2D eigenvalue weighted by molar-refractivity contribution is -0.137. The number of carbonyl (C=O) groups excluding carboxylic acids is 2. The van der Waals surface area contributed by atoms with Crippen LogP contribution in [0.25, 0.3) is 5.69 Å². The molecule has 0 fully saturated rings. The molecule has 0 aliphatic rings. The zero-order chi connectivity index (χ0) is 26.1. The summed E-state index contributed by atoms with van der Waals surface area (Å²) in [4.78, 5) is 38.4. The Labute approximate surface area is 199 Å². The van der Waals surface area contributed by atoms with Gasteiger partial charge < -0.3 is 5.32 Å². The van der Waals surface area contributed by atoms with Gasteiger partial charge in [-0.1, -0.05) is 18.2 Å². The van der Waals surface area contributed by atoms with Gasteiger partial charge in [0.2, 0.25) is 0 Å². The minimum Gasteiger partial charge on any atom is -0.348 e. The van der Waals surface area contributed by atoms with Crippen LogP contribution in [0.2, 0.25) is 0 Å². The van der Waals surface area contributed by atoms with Gasteiger partial charge >= 0.3 is 6.18 Å². The predicted molar refractivity (Wildman–Crippen MR) is 123 cm³/mol. The van der Waals surface area contributed by atoms with Crippen LogP contribution in [-0.4, -0.2) is 30.9 Å². The maximum absolute atomic E-state index is 13.2. The van der Waals surface area contributed by atoms with Crippen molar-refractivity contribution in [2.24, 2.45) is 0 Å². The third kappa shape index (κ3) is 5.68. The fourth-order valence-corrected chi connectivity index (χ4v) is 4.10. The Morgan fingerprint density at radius 2 is 1.69 bits per heavy atom. The molecule has 3 aromatic rings. The second-order valence-corrected chi connectivity index (χ2v) is 9.94. The number of rotatable bonds is 6. The average molecular weight is 507 g/mol. The molecule has 0 unspecified atom stereocenters. The molecule has 0 bridgehead atoms. The van der Waals surface area contributed by atoms with E-state index in [4.69, 9.17) is 0 Å². The number of hydrogen-bond donors (Lipinski definition) is 1. The van der Waals surface area contributed by atoms with Crippen LogP contribution in [0, 0.1) is 6.92 Å². The molecule has 0 aliphatic heterocycles. The van der Waals surface area contributed by atoms with E-state index in [2.05, 4.69) is 5.32 Å². The van der Waals surface area contributed by atoms with Crippen LogP contribution in [0.3, 0.4) is 0 Å². The van der Waals surface area contributed by atoms with Crippen molar-refractivity contribution in [1.29, 1.82) is 0 Å². The summed E-state index contributed by atoms with van der Waals surface area (Å²) in [6.07, 6.45) is -2.47. The SMILES string of the molecule is CC(=O)c1cn(-c2cccc(C(F)(F)F)c2)c(=O)c(C(=O)NCc2ccc(S(C)(=O)=O)cc2)c1C. The number of ketones is 1. The van der Waals surface area contributed by atoms with Gasteiger partial charge in [-0.3, -0.25) is 19.0 Å². The summed E-state index contributed by atoms with van der Waals surface area (Å²) in [5, 5.41) is 2.54. The summed E-state index contributed by atoms with van der Waals surface area (Å²) in [6.45, 7) is 2.56. The molecule has 1 N–H and O–H groups in total. The van der Waals surface area contributed by atoms with Gasteiger partial charge in [0.1, 0.15) is 5.56 Å². The molecule has 7 nitrogen and oxygen atoms in total. The number of sulfone groups is 1. The highest BCUT2D eigenvalue weighted by Crippen LogP contribution is 2.30. The molecule has 2 aromatic carbocycles. The number of amides is 1. The number of nitrogens with one attached hydrogen (secondary N) is 1. The average Bonchev–Trinajstić information content (AvgIpc) is 2.77. The maximum Gasteiger partial charge on any atom is 0.416 e. The number of benzene rings is 2. The molecule has 11 heteroatoms. The number of hydrogen-bond acceptors (Lipinski definition) is 5. The Balaban J connectivity index is 2.02. The van der Waals surface area contributed by atoms with Gasteiger partial charge in [-0.25, -0.2) is 8.42 Å². The number of halogens is 3. The Morgan fingerprint density at radius 3 is 2.23 bits per heavy atom. The second kappa shape index (κ2) is 9.49. The minimum atomic E-state index is -4.65. The fourth-order valence-electron chi connectivity index (χ4n) is 3.47. The van der Waals surface area contributed by atoms with Gasteiger partial charge in [-0.15, -0.1) is 0 Å². The van der Waals surface area contributed by atoms with E-state index in [0.717, 1.165) is 35.2 Å². The van der Waals surface area contributed by atoms with Gasteiger partial charge in [-0.05, 0) is 55.3 Å². The molecule has 0 atom stereocenters. The summed E-state index contributed by atoms with van der Waals surface area (Å²) in [5.74, 6) is -1.31. The predicted octanol–water partition coefficient (Wildman–Crippen LogP) is 3.70. The van der Waals surface area contributed by atoms with Crippen molar-refractivity contribution in [2.75, 3.05) is 6.26 Å². The summed E-state index contributed by atoms with van der Waals surface area (Å²) < 4.78 is 63.5. The first-order valence-corrected chi connectivity index (χ1v) is 12.1. The van der Waals surface area contributed by atoms with Gasteiger partial charge in [0.25, 0.3) is 11.5 Å². The fraction of sp³-hybridized carbons (Fsp3) is 0.208. The Morgan fingerprint density at radius 1 is 1.06 bits per heavy atom. The summed E-state index contributed by atoms with van der Waals surface area (Å²) in [6, 6.07) is 9.73. The Hall–Kier alpha value is -3.73. The highest BCUT2D eigenvalue weighted by molar-refractivity contribution is 7.90. The highest BCUT2D eigenvalue weighted by Gasteiger charge is 2.31. The van der Waals surface area contributed by atoms with Crippen LogP contribution in [0.4, 0.5) is 13.2 Å². The number of nitrogens with zero attached hydrogens (tertiary/aromatic N) is 1. The van der Waals surface area contributed by atoms with Crippen molar-refractivity contribution in [2.45, 2.75) is 31.5 Å². The smallest absolute Gasteiger partial charge is 0.348 e. The Bertz CT molecular complexity index is 1470. The van der Waals surface area contributed by atoms with Crippen molar-refractivity contribution in [3.63, 3.8) is 0 Å². The molecular weight excluding hydrogens is 485 g/mol. The number of carbonyl (C=O) groups is 2. The number of Topliss-reactive ketones (excluding diaryl/α,β-unsaturated/α-hetero) is 1. The van der Waals surface area contributed by atoms with Crippen LogP contribution in [0.1, 0.15) is 44.3 Å². The van der Waals surface area contributed by atoms with Gasteiger partial charge in [-0.2, -0.15) is 13.2 Å². The monoisotopic (exact) mass is 506 g/mol. The van der Waals surface area contributed by atoms with Crippen LogP contribution < -0.4 is 10.9 Å². The largest absolute Gasteiger partial charge is 0.416 e. The maximum atomic E-state index is 13.2. The quantitative estimate of drug-likeness (QED) is 0.514. The van der Waals surface area contributed by atoms with E-state index >= 15 is 0 Å². The molecule has 1 aromatic heterocycles. The normalized spacial score (nSPS) is 11.8. The lowest BCUT2D eigenvalue weighted by Gasteiger charge is -2.16. The van der Waals surface area contributed by atoms with Gasteiger partial charge in [0.15, 0.2) is 15.6 Å². The first-order valence-electron chi connectivity index (χ1n) is 10.2. The first-order chi connectivity index (χ1) is 16.2. The Kier molecular flexibility index (Phi) is 7.02. The first kappa shape index (κ1) is 25.9. The van der Waals surface area contributed by atoms with Crippen molar-refractivity contribution in [3.05, 3.63) is 92.9 Å². The minimum absolute atomic E-state index is 0.00432. The summed E-state index contributed by atoms with van der Waals surface area (Å²) in [7, 11) is -3.40. The van der Waals surface area contributed by atoms with Crippen molar-refractivity contribution >= 4 is 21.5 Å². The van der Waals surface area contributed by atoms with E-state index in [1.54, 1.807) is 0 Å². The molecule has 0 radical (unpaired) electrons. The van der Waals surface area contributed by atoms with E-state index in [1.807, 2.05) is 0 Å². The van der Waals surface area contributed by atoms with Crippen molar-refractivity contribution in [3.8, 4) is 5.69 Å². The zero-order valence-electron chi connectivity index (χ0n) is 18.9. The number of pyridine rings is 1. The van der Waals surface area contributed by atoms with E-state index < -0.39 is 38.8 Å². The van der Waals surface area contributed by atoms with Crippen LogP contribution in [-0.2, 0) is 22.6 Å². The highest BCUT2D eigenvalue weighted by atomic mass is 32.2. The third-order valence-corrected chi connectivity index (χ3v) is 6.46. The van der Waals surface area contributed by atoms with E-state index in [9.17, 15) is 36.0 Å². The zero-order valence-corrected chi connectivity index (χ0v) is 19.8. The van der Waals surface area contributed by atoms with Crippen LogP contribution in [0.15, 0.2) is 64.4 Å². The van der Waals surface area contributed by atoms with Crippen molar-refractivity contribution < 1.29 is 31.2 Å². The molecule has 1 heterocycles. The molecule has 0 aliphatic carbocycles. The topological polar surface area (TPSA) is 102 Å². The lowest BCUT2D eigenvalue weighted by Crippen LogP contribution is -2.34. The molecule has 0 saturated heterocycles. The van der Waals surface area contributed by atoms with Gasteiger partial charge in [0, 0.05) is 30.2 Å². The molecule has 35 heavy (non-hydrogen) atoms. The van der Waals surface area contributed by atoms with E-state index in [-0.39, 0.29) is 33.8 Å². The lowest BCUT2D eigenvalue weighted by atomic mass is 10.0. The van der Waals surface area contributed by atoms with E-state index in [1.165, 1.54) is 44.2 Å². The van der Waals surface area contributed by atoms with Gasteiger partial charge in [0.05, 0.1) is 10.5 Å². The standard InChI is InChI=1S/C24H21F3N2O5S/c1-14-20(15(2)30)13-29(18-6-4-5-17(11-18)24(25,26)27)23(32)21(14)22(31)28-12-16-7-9-19(10-8-16)35(3,33)34/h4-11,13H,12H2,1-3H3,(H,28,31). The van der Waals surface area contributed by atoms with E-state index in [0.29, 0.717) is 5.56 Å². The molecule has 184 valence electrons. The molecule has 0 spiro atoms. The third-order valence-electron chi connectivity index (χ3n) is 5.33. The van der Waals surface area contributed by atoms with Crippen LogP contribution in [0.5, 0.6) is 0 Å². The molecular formula is C24H21F3N2O5S. The summed E-state index contributed by atoms with van der Waals surface area (Å²) in [5.41, 5.74) is -1.78. The molecule has 3 rings (SSSR count). The van der Waals surface area contributed by atoms with Crippen LogP contribution >= 0.6 is 0 Å². The number of alkyl halides is 3. The number of aromatic nitrogens is 1. The molecule has 1 amide bonds.